The van der Waals surface area contributed by atoms with Crippen molar-refractivity contribution in [1.82, 2.24) is 10.4 Å². The number of rotatable bonds is 8. The van der Waals surface area contributed by atoms with E-state index >= 15 is 0 Å². The summed E-state index contributed by atoms with van der Waals surface area (Å²) in [5, 5.41) is 8.58. The van der Waals surface area contributed by atoms with Gasteiger partial charge in [0.05, 0.1) is 13.2 Å². The summed E-state index contributed by atoms with van der Waals surface area (Å²) in [6, 6.07) is 5.93. The Labute approximate surface area is 172 Å². The molecule has 0 spiro atoms. The first-order chi connectivity index (χ1) is 14.1. The van der Waals surface area contributed by atoms with Crippen LogP contribution in [0.15, 0.2) is 18.2 Å². The van der Waals surface area contributed by atoms with Gasteiger partial charge in [0, 0.05) is 37.9 Å². The van der Waals surface area contributed by atoms with Crippen molar-refractivity contribution in [3.8, 4) is 11.5 Å². The van der Waals surface area contributed by atoms with Crippen molar-refractivity contribution in [2.45, 2.75) is 63.0 Å². The third-order valence-corrected chi connectivity index (χ3v) is 6.20. The average Bonchev–Trinajstić information content (AvgIpc) is 3.27. The van der Waals surface area contributed by atoms with Crippen molar-refractivity contribution < 1.29 is 19.5 Å². The highest BCUT2D eigenvalue weighted by atomic mass is 16.5. The topological polar surface area (TPSA) is 75.4 Å². The van der Waals surface area contributed by atoms with Crippen LogP contribution in [0.4, 0.5) is 0 Å². The molecule has 0 bridgehead atoms. The molecule has 0 aromatic heterocycles. The molecule has 3 rings (SSSR count). The van der Waals surface area contributed by atoms with E-state index < -0.39 is 5.54 Å². The summed E-state index contributed by atoms with van der Waals surface area (Å²) in [5.41, 5.74) is 2.13. The van der Waals surface area contributed by atoms with Gasteiger partial charge >= 0.3 is 0 Å². The lowest BCUT2D eigenvalue weighted by molar-refractivity contribution is -0.129. The molecule has 1 aromatic rings. The van der Waals surface area contributed by atoms with E-state index in [1.54, 1.807) is 12.6 Å². The van der Waals surface area contributed by atoms with Crippen molar-refractivity contribution in [2.75, 3.05) is 26.7 Å². The van der Waals surface area contributed by atoms with Gasteiger partial charge in [-0.25, -0.2) is 12.1 Å². The fourth-order valence-corrected chi connectivity index (χ4v) is 4.37. The second kappa shape index (κ2) is 9.95. The fourth-order valence-electron chi connectivity index (χ4n) is 4.37. The van der Waals surface area contributed by atoms with Crippen LogP contribution in [0.3, 0.4) is 0 Å². The molecule has 158 valence electrons. The normalized spacial score (nSPS) is 19.5. The Morgan fingerprint density at radius 2 is 2.03 bits per heavy atom. The van der Waals surface area contributed by atoms with Crippen LogP contribution in [0.2, 0.25) is 0 Å². The minimum atomic E-state index is -0.543. The summed E-state index contributed by atoms with van der Waals surface area (Å²) in [6.45, 7) is 10.3. The lowest BCUT2D eigenvalue weighted by Crippen LogP contribution is -2.41. The standard InChI is InChI=1S/C22H31N3O4/c1-23-22(11-14-25(15-12-22)13-5-8-21(26)24-27)17-9-10-19(28-2)20(16-17)29-18-6-3-4-7-18/h9-10,16,18,27H,3-8,11-15H2,2H3,(H,24,26). The first-order valence-corrected chi connectivity index (χ1v) is 10.5. The Hall–Kier alpha value is -2.30. The maximum absolute atomic E-state index is 11.2. The molecule has 0 atom stereocenters. The molecule has 1 aliphatic carbocycles. The van der Waals surface area contributed by atoms with Crippen LogP contribution in [0, 0.1) is 6.57 Å². The second-order valence-electron chi connectivity index (χ2n) is 8.01. The molecule has 1 saturated carbocycles. The number of nitrogens with zero attached hydrogens (tertiary/aromatic N) is 2. The number of ether oxygens (including phenoxy) is 2. The Kier molecular flexibility index (Phi) is 7.34. The van der Waals surface area contributed by atoms with Gasteiger partial charge < -0.3 is 19.2 Å². The zero-order valence-electron chi connectivity index (χ0n) is 17.2. The number of methoxy groups -OCH3 is 1. The Morgan fingerprint density at radius 3 is 2.66 bits per heavy atom. The van der Waals surface area contributed by atoms with E-state index in [1.165, 1.54) is 12.8 Å². The second-order valence-corrected chi connectivity index (χ2v) is 8.01. The van der Waals surface area contributed by atoms with Gasteiger partial charge in [0.1, 0.15) is 0 Å². The molecule has 2 fully saturated rings. The van der Waals surface area contributed by atoms with E-state index in [0.717, 1.165) is 62.4 Å². The van der Waals surface area contributed by atoms with E-state index in [9.17, 15) is 4.79 Å². The predicted octanol–water partition coefficient (Wildman–Crippen LogP) is 3.51. The highest BCUT2D eigenvalue weighted by Crippen LogP contribution is 2.41. The highest BCUT2D eigenvalue weighted by molar-refractivity contribution is 5.74. The zero-order valence-corrected chi connectivity index (χ0v) is 17.2. The maximum Gasteiger partial charge on any atom is 0.260 e. The van der Waals surface area contributed by atoms with Gasteiger partial charge in [-0.05, 0) is 56.8 Å². The molecule has 2 N–H and O–H groups in total. The smallest absolute Gasteiger partial charge is 0.260 e. The molecule has 1 amide bonds. The van der Waals surface area contributed by atoms with Crippen molar-refractivity contribution in [2.24, 2.45) is 0 Å². The monoisotopic (exact) mass is 401 g/mol. The number of hydrogen-bond donors (Lipinski definition) is 2. The molecule has 1 aliphatic heterocycles. The van der Waals surface area contributed by atoms with Crippen LogP contribution in [0.1, 0.15) is 56.9 Å². The van der Waals surface area contributed by atoms with Gasteiger partial charge in [0.15, 0.2) is 11.5 Å². The molecule has 0 radical (unpaired) electrons. The molecule has 1 heterocycles. The SMILES string of the molecule is [C-]#[N+]C1(c2ccc(OC)c(OC3CCCC3)c2)CCN(CCCC(=O)NO)CC1. The van der Waals surface area contributed by atoms with Gasteiger partial charge in [-0.3, -0.25) is 10.0 Å². The van der Waals surface area contributed by atoms with E-state index in [2.05, 4.69) is 9.74 Å². The molecular weight excluding hydrogens is 370 g/mol. The Morgan fingerprint density at radius 1 is 1.31 bits per heavy atom. The van der Waals surface area contributed by atoms with Gasteiger partial charge in [-0.15, -0.1) is 0 Å². The van der Waals surface area contributed by atoms with Crippen LogP contribution in [-0.4, -0.2) is 48.9 Å². The number of amides is 1. The molecular formula is C22H31N3O4. The lowest BCUT2D eigenvalue weighted by Gasteiger charge is -2.34. The summed E-state index contributed by atoms with van der Waals surface area (Å²) in [7, 11) is 1.65. The number of carbonyl (C=O) groups is 1. The first kappa shape index (κ1) is 21.4. The summed E-state index contributed by atoms with van der Waals surface area (Å²) >= 11 is 0. The van der Waals surface area contributed by atoms with Gasteiger partial charge in [0.25, 0.3) is 5.54 Å². The Bertz CT molecular complexity index is 732. The number of hydrogen-bond acceptors (Lipinski definition) is 5. The molecule has 7 heteroatoms. The van der Waals surface area contributed by atoms with E-state index in [4.69, 9.17) is 21.3 Å². The van der Waals surface area contributed by atoms with Gasteiger partial charge in [-0.1, -0.05) is 0 Å². The minimum absolute atomic E-state index is 0.237. The van der Waals surface area contributed by atoms with Crippen LogP contribution < -0.4 is 15.0 Å². The quantitative estimate of drug-likeness (QED) is 0.396. The summed E-state index contributed by atoms with van der Waals surface area (Å²) < 4.78 is 11.7. The number of hydroxylamine groups is 1. The average molecular weight is 402 g/mol. The van der Waals surface area contributed by atoms with Crippen LogP contribution in [-0.2, 0) is 10.3 Å². The van der Waals surface area contributed by atoms with E-state index in [1.807, 2.05) is 18.2 Å². The van der Waals surface area contributed by atoms with Crippen molar-refractivity contribution in [3.63, 3.8) is 0 Å². The van der Waals surface area contributed by atoms with Crippen LogP contribution >= 0.6 is 0 Å². The number of piperidine rings is 1. The lowest BCUT2D eigenvalue weighted by atomic mass is 9.81. The highest BCUT2D eigenvalue weighted by Gasteiger charge is 2.42. The number of likely N-dealkylation sites (tertiary alicyclic amines) is 1. The molecule has 1 saturated heterocycles. The molecule has 1 aromatic carbocycles. The molecule has 7 nitrogen and oxygen atoms in total. The third kappa shape index (κ3) is 5.20. The van der Waals surface area contributed by atoms with Crippen LogP contribution in [0.25, 0.3) is 4.85 Å². The minimum Gasteiger partial charge on any atom is -0.493 e. The maximum atomic E-state index is 11.2. The third-order valence-electron chi connectivity index (χ3n) is 6.20. The van der Waals surface area contributed by atoms with Crippen LogP contribution in [0.5, 0.6) is 11.5 Å². The van der Waals surface area contributed by atoms with E-state index in [-0.39, 0.29) is 12.0 Å². The molecule has 0 unspecified atom stereocenters. The fraction of sp³-hybridized carbons (Fsp3) is 0.636. The van der Waals surface area contributed by atoms with E-state index in [0.29, 0.717) is 12.8 Å². The van der Waals surface area contributed by atoms with Crippen molar-refractivity contribution in [1.29, 1.82) is 0 Å². The van der Waals surface area contributed by atoms with Crippen molar-refractivity contribution in [3.05, 3.63) is 35.2 Å². The summed E-state index contributed by atoms with van der Waals surface area (Å²) in [4.78, 5) is 17.5. The number of benzene rings is 1. The largest absolute Gasteiger partial charge is 0.493 e. The summed E-state index contributed by atoms with van der Waals surface area (Å²) in [5.74, 6) is 1.11. The number of nitrogens with one attached hydrogen (secondary N) is 1. The molecule has 2 aliphatic rings. The van der Waals surface area contributed by atoms with Gasteiger partial charge in [-0.2, -0.15) is 0 Å². The van der Waals surface area contributed by atoms with Crippen molar-refractivity contribution >= 4 is 5.91 Å². The number of carbonyl (C=O) groups excluding carboxylic acids is 1. The molecule has 29 heavy (non-hydrogen) atoms. The van der Waals surface area contributed by atoms with Gasteiger partial charge in [0.2, 0.25) is 5.91 Å². The zero-order chi connectivity index (χ0) is 20.7. The Balaban J connectivity index is 1.66. The predicted molar refractivity (Wildman–Crippen MR) is 109 cm³/mol. The summed E-state index contributed by atoms with van der Waals surface area (Å²) in [6.07, 6.45) is 7.29. The first-order valence-electron chi connectivity index (χ1n) is 10.5.